The summed E-state index contributed by atoms with van der Waals surface area (Å²) in [4.78, 5) is 34.5. The van der Waals surface area contributed by atoms with Gasteiger partial charge in [-0.3, -0.25) is 14.6 Å². The third-order valence-electron chi connectivity index (χ3n) is 5.25. The SMILES string of the molecule is CC(C)CC(NC(=O)C(Cc1ccccc1)(NC(=O)c1cnccn1)C(C)C)B(O)O. The smallest absolute Gasteiger partial charge is 0.426 e. The summed E-state index contributed by atoms with van der Waals surface area (Å²) in [5, 5.41) is 25.2. The lowest BCUT2D eigenvalue weighted by molar-refractivity contribution is -0.129. The summed E-state index contributed by atoms with van der Waals surface area (Å²) in [6.45, 7) is 7.53. The minimum Gasteiger partial charge on any atom is -0.426 e. The summed E-state index contributed by atoms with van der Waals surface area (Å²) in [5.74, 6) is -2.07. The lowest BCUT2D eigenvalue weighted by Crippen LogP contribution is -2.66. The average molecular weight is 426 g/mol. The lowest BCUT2D eigenvalue weighted by atomic mass is 9.73. The first-order chi connectivity index (χ1) is 14.7. The Balaban J connectivity index is 2.43. The van der Waals surface area contributed by atoms with Crippen LogP contribution >= 0.6 is 0 Å². The molecule has 0 aliphatic rings. The Labute approximate surface area is 183 Å². The second-order valence-corrected chi connectivity index (χ2v) is 8.46. The van der Waals surface area contributed by atoms with Crippen LogP contribution < -0.4 is 10.6 Å². The topological polar surface area (TPSA) is 124 Å². The monoisotopic (exact) mass is 426 g/mol. The molecule has 0 fully saturated rings. The van der Waals surface area contributed by atoms with E-state index < -0.39 is 30.4 Å². The first kappa shape index (κ1) is 24.5. The molecule has 1 aromatic heterocycles. The van der Waals surface area contributed by atoms with Crippen molar-refractivity contribution in [3.63, 3.8) is 0 Å². The first-order valence-corrected chi connectivity index (χ1v) is 10.4. The van der Waals surface area contributed by atoms with E-state index in [9.17, 15) is 19.6 Å². The quantitative estimate of drug-likeness (QED) is 0.426. The van der Waals surface area contributed by atoms with Gasteiger partial charge in [-0.05, 0) is 23.8 Å². The molecule has 2 unspecified atom stereocenters. The molecule has 0 saturated heterocycles. The highest BCUT2D eigenvalue weighted by Gasteiger charge is 2.45. The zero-order chi connectivity index (χ0) is 23.0. The fraction of sp³-hybridized carbons (Fsp3) is 0.455. The number of aromatic nitrogens is 2. The van der Waals surface area contributed by atoms with Crippen LogP contribution in [0.25, 0.3) is 0 Å². The second-order valence-electron chi connectivity index (χ2n) is 8.46. The molecule has 1 aromatic carbocycles. The summed E-state index contributed by atoms with van der Waals surface area (Å²) < 4.78 is 0. The zero-order valence-corrected chi connectivity index (χ0v) is 18.4. The Bertz CT molecular complexity index is 849. The molecule has 0 bridgehead atoms. The number of rotatable bonds is 10. The predicted molar refractivity (Wildman–Crippen MR) is 119 cm³/mol. The van der Waals surface area contributed by atoms with Crippen LogP contribution in [0.15, 0.2) is 48.9 Å². The van der Waals surface area contributed by atoms with Crippen molar-refractivity contribution in [2.75, 3.05) is 0 Å². The molecule has 2 amide bonds. The first-order valence-electron chi connectivity index (χ1n) is 10.4. The summed E-state index contributed by atoms with van der Waals surface area (Å²) in [7, 11) is -1.72. The fourth-order valence-electron chi connectivity index (χ4n) is 3.45. The van der Waals surface area contributed by atoms with Gasteiger partial charge in [-0.25, -0.2) is 4.98 Å². The molecule has 2 aromatic rings. The van der Waals surface area contributed by atoms with Crippen LogP contribution in [0.4, 0.5) is 0 Å². The highest BCUT2D eigenvalue weighted by atomic mass is 16.4. The molecule has 9 heteroatoms. The highest BCUT2D eigenvalue weighted by molar-refractivity contribution is 6.43. The Kier molecular flexibility index (Phi) is 8.71. The normalized spacial score (nSPS) is 14.1. The number of nitrogens with one attached hydrogen (secondary N) is 2. The number of hydrogen-bond acceptors (Lipinski definition) is 6. The van der Waals surface area contributed by atoms with Crippen molar-refractivity contribution >= 4 is 18.9 Å². The van der Waals surface area contributed by atoms with Gasteiger partial charge in [0.05, 0.1) is 12.1 Å². The fourth-order valence-corrected chi connectivity index (χ4v) is 3.45. The van der Waals surface area contributed by atoms with Gasteiger partial charge < -0.3 is 20.7 Å². The molecule has 1 heterocycles. The predicted octanol–water partition coefficient (Wildman–Crippen LogP) is 1.39. The summed E-state index contributed by atoms with van der Waals surface area (Å²) in [6, 6.07) is 9.36. The van der Waals surface area contributed by atoms with Gasteiger partial charge in [0.15, 0.2) is 0 Å². The van der Waals surface area contributed by atoms with E-state index in [1.54, 1.807) is 0 Å². The van der Waals surface area contributed by atoms with Gasteiger partial charge >= 0.3 is 7.12 Å². The molecule has 0 aliphatic heterocycles. The summed E-state index contributed by atoms with van der Waals surface area (Å²) in [6.07, 6.45) is 4.80. The largest absolute Gasteiger partial charge is 0.475 e. The maximum absolute atomic E-state index is 13.6. The van der Waals surface area contributed by atoms with E-state index in [0.717, 1.165) is 5.56 Å². The van der Waals surface area contributed by atoms with Crippen molar-refractivity contribution in [1.82, 2.24) is 20.6 Å². The Morgan fingerprint density at radius 3 is 2.29 bits per heavy atom. The van der Waals surface area contributed by atoms with Gasteiger partial charge in [-0.15, -0.1) is 0 Å². The minimum atomic E-state index is -1.72. The maximum atomic E-state index is 13.6. The van der Waals surface area contributed by atoms with E-state index in [4.69, 9.17) is 0 Å². The van der Waals surface area contributed by atoms with E-state index in [-0.39, 0.29) is 24.0 Å². The van der Waals surface area contributed by atoms with Crippen molar-refractivity contribution in [1.29, 1.82) is 0 Å². The van der Waals surface area contributed by atoms with Crippen LogP contribution in [0, 0.1) is 11.8 Å². The van der Waals surface area contributed by atoms with Gasteiger partial charge in [0.1, 0.15) is 11.2 Å². The number of carbonyl (C=O) groups excluding carboxylic acids is 2. The van der Waals surface area contributed by atoms with E-state index in [1.807, 2.05) is 58.0 Å². The number of hydrogen-bond donors (Lipinski definition) is 4. The Morgan fingerprint density at radius 2 is 1.77 bits per heavy atom. The molecule has 0 radical (unpaired) electrons. The summed E-state index contributed by atoms with van der Waals surface area (Å²) >= 11 is 0. The van der Waals surface area contributed by atoms with Gasteiger partial charge in [0.2, 0.25) is 5.91 Å². The van der Waals surface area contributed by atoms with E-state index in [1.165, 1.54) is 18.6 Å². The van der Waals surface area contributed by atoms with E-state index in [2.05, 4.69) is 20.6 Å². The third kappa shape index (κ3) is 6.60. The second kappa shape index (κ2) is 11.0. The molecule has 4 N–H and O–H groups in total. The van der Waals surface area contributed by atoms with E-state index in [0.29, 0.717) is 6.42 Å². The molecule has 0 aliphatic carbocycles. The van der Waals surface area contributed by atoms with Crippen LogP contribution in [-0.2, 0) is 11.2 Å². The van der Waals surface area contributed by atoms with Crippen LogP contribution in [0.3, 0.4) is 0 Å². The Morgan fingerprint density at radius 1 is 1.10 bits per heavy atom. The molecule has 8 nitrogen and oxygen atoms in total. The average Bonchev–Trinajstić information content (AvgIpc) is 2.73. The number of carbonyl (C=O) groups is 2. The number of amides is 2. The third-order valence-corrected chi connectivity index (χ3v) is 5.25. The number of nitrogens with zero attached hydrogens (tertiary/aromatic N) is 2. The minimum absolute atomic E-state index is 0.0920. The molecule has 2 rings (SSSR count). The van der Waals surface area contributed by atoms with Crippen LogP contribution in [0.1, 0.15) is 50.2 Å². The van der Waals surface area contributed by atoms with Gasteiger partial charge in [0, 0.05) is 18.8 Å². The van der Waals surface area contributed by atoms with Crippen molar-refractivity contribution < 1.29 is 19.6 Å². The van der Waals surface area contributed by atoms with Crippen molar-refractivity contribution in [2.45, 2.75) is 52.0 Å². The van der Waals surface area contributed by atoms with Crippen molar-refractivity contribution in [3.05, 3.63) is 60.2 Å². The van der Waals surface area contributed by atoms with Crippen molar-refractivity contribution in [3.8, 4) is 0 Å². The lowest BCUT2D eigenvalue weighted by Gasteiger charge is -2.38. The molecule has 31 heavy (non-hydrogen) atoms. The van der Waals surface area contributed by atoms with Gasteiger partial charge in [-0.2, -0.15) is 0 Å². The van der Waals surface area contributed by atoms with Crippen LogP contribution in [0.5, 0.6) is 0 Å². The van der Waals surface area contributed by atoms with Crippen molar-refractivity contribution in [2.24, 2.45) is 11.8 Å². The maximum Gasteiger partial charge on any atom is 0.475 e. The zero-order valence-electron chi connectivity index (χ0n) is 18.4. The van der Waals surface area contributed by atoms with Gasteiger partial charge in [0.25, 0.3) is 5.91 Å². The Hall–Kier alpha value is -2.78. The number of benzene rings is 1. The molecule has 0 saturated carbocycles. The summed E-state index contributed by atoms with van der Waals surface area (Å²) in [5.41, 5.74) is -0.398. The standard InChI is InChI=1S/C22H31BN4O4/c1-15(2)12-19(23(30)31)26-21(29)22(16(3)4,13-17-8-6-5-7-9-17)27-20(28)18-14-24-10-11-25-18/h5-11,14-16,19,30-31H,12-13H2,1-4H3,(H,26,29)(H,27,28). The van der Waals surface area contributed by atoms with Crippen LogP contribution in [-0.4, -0.2) is 50.4 Å². The highest BCUT2D eigenvalue weighted by Crippen LogP contribution is 2.25. The van der Waals surface area contributed by atoms with Crippen LogP contribution in [0.2, 0.25) is 0 Å². The molecular formula is C22H31BN4O4. The molecule has 166 valence electrons. The molecule has 0 spiro atoms. The molecular weight excluding hydrogens is 395 g/mol. The molecule has 2 atom stereocenters. The van der Waals surface area contributed by atoms with Gasteiger partial charge in [-0.1, -0.05) is 58.0 Å². The van der Waals surface area contributed by atoms with E-state index >= 15 is 0 Å².